The predicted octanol–water partition coefficient (Wildman–Crippen LogP) is 2.23. The van der Waals surface area contributed by atoms with E-state index in [9.17, 15) is 0 Å². The number of rotatable bonds is 6. The van der Waals surface area contributed by atoms with Gasteiger partial charge in [0.2, 0.25) is 5.95 Å². The molecule has 0 saturated carbocycles. The van der Waals surface area contributed by atoms with Crippen molar-refractivity contribution >= 4 is 11.8 Å². The molecule has 0 N–H and O–H groups in total. The second kappa shape index (κ2) is 7.72. The summed E-state index contributed by atoms with van der Waals surface area (Å²) in [4.78, 5) is 15.8. The van der Waals surface area contributed by atoms with E-state index < -0.39 is 0 Å². The molecule has 3 heterocycles. The summed E-state index contributed by atoms with van der Waals surface area (Å²) < 4.78 is 5.61. The largest absolute Gasteiger partial charge is 0.493 e. The second-order valence-electron chi connectivity index (χ2n) is 7.75. The minimum atomic E-state index is 0.503. The number of aromatic nitrogens is 2. The van der Waals surface area contributed by atoms with E-state index in [0.29, 0.717) is 6.04 Å². The van der Waals surface area contributed by atoms with Gasteiger partial charge in [0.05, 0.1) is 6.61 Å². The number of likely N-dealkylation sites (N-methyl/N-ethyl adjacent to an activating group) is 1. The van der Waals surface area contributed by atoms with Crippen LogP contribution in [-0.4, -0.2) is 68.3 Å². The van der Waals surface area contributed by atoms with Crippen molar-refractivity contribution in [1.29, 1.82) is 0 Å². The average Bonchev–Trinajstić information content (AvgIpc) is 3.34. The van der Waals surface area contributed by atoms with Crippen LogP contribution in [0.15, 0.2) is 30.5 Å². The van der Waals surface area contributed by atoms with Gasteiger partial charge in [-0.1, -0.05) is 12.1 Å². The number of fused-ring (bicyclic) bond motifs is 1. The molecule has 27 heavy (non-hydrogen) atoms. The quantitative estimate of drug-likeness (QED) is 0.780. The highest BCUT2D eigenvalue weighted by Gasteiger charge is 2.26. The zero-order valence-electron chi connectivity index (χ0n) is 16.6. The van der Waals surface area contributed by atoms with Gasteiger partial charge in [0.25, 0.3) is 0 Å². The van der Waals surface area contributed by atoms with Gasteiger partial charge in [-0.2, -0.15) is 4.98 Å². The van der Waals surface area contributed by atoms with Gasteiger partial charge < -0.3 is 19.4 Å². The minimum Gasteiger partial charge on any atom is -0.493 e. The van der Waals surface area contributed by atoms with Gasteiger partial charge in [-0.05, 0) is 36.1 Å². The molecule has 6 heteroatoms. The van der Waals surface area contributed by atoms with Crippen LogP contribution in [0.25, 0.3) is 0 Å². The second-order valence-corrected chi connectivity index (χ2v) is 7.75. The van der Waals surface area contributed by atoms with Crippen LogP contribution in [0.5, 0.6) is 5.75 Å². The molecule has 1 aromatic heterocycles. The molecule has 0 aliphatic carbocycles. The smallest absolute Gasteiger partial charge is 0.226 e. The lowest BCUT2D eigenvalue weighted by molar-refractivity contribution is 0.337. The minimum absolute atomic E-state index is 0.503. The monoisotopic (exact) mass is 367 g/mol. The Kier molecular flexibility index (Phi) is 5.16. The third-order valence-electron chi connectivity index (χ3n) is 5.66. The van der Waals surface area contributed by atoms with Crippen LogP contribution in [-0.2, 0) is 12.8 Å². The van der Waals surface area contributed by atoms with E-state index in [1.165, 1.54) is 17.5 Å². The van der Waals surface area contributed by atoms with Gasteiger partial charge in [-0.25, -0.2) is 4.98 Å². The topological polar surface area (TPSA) is 44.7 Å². The fourth-order valence-electron chi connectivity index (χ4n) is 3.95. The third kappa shape index (κ3) is 4.00. The highest BCUT2D eigenvalue weighted by molar-refractivity contribution is 5.43. The SMILES string of the molecule is CN(C)c1nccc(N(C)C2CCN(CCc3ccc4c(c3)CCO4)C2)n1. The first-order valence-electron chi connectivity index (χ1n) is 9.80. The van der Waals surface area contributed by atoms with E-state index in [2.05, 4.69) is 45.0 Å². The number of benzene rings is 1. The summed E-state index contributed by atoms with van der Waals surface area (Å²) >= 11 is 0. The molecule has 0 bridgehead atoms. The zero-order chi connectivity index (χ0) is 18.8. The van der Waals surface area contributed by atoms with Crippen molar-refractivity contribution in [2.75, 3.05) is 57.2 Å². The van der Waals surface area contributed by atoms with Gasteiger partial charge in [-0.3, -0.25) is 0 Å². The molecular formula is C21H29N5O. The maximum absolute atomic E-state index is 5.61. The van der Waals surface area contributed by atoms with E-state index >= 15 is 0 Å². The number of hydrogen-bond donors (Lipinski definition) is 0. The van der Waals surface area contributed by atoms with Crippen molar-refractivity contribution < 1.29 is 4.74 Å². The van der Waals surface area contributed by atoms with Crippen LogP contribution in [0.1, 0.15) is 17.5 Å². The maximum Gasteiger partial charge on any atom is 0.226 e. The average molecular weight is 367 g/mol. The van der Waals surface area contributed by atoms with Crippen LogP contribution >= 0.6 is 0 Å². The molecule has 0 amide bonds. The summed E-state index contributed by atoms with van der Waals surface area (Å²) in [5, 5.41) is 0. The third-order valence-corrected chi connectivity index (χ3v) is 5.66. The molecule has 0 radical (unpaired) electrons. The molecule has 0 spiro atoms. The molecule has 6 nitrogen and oxygen atoms in total. The van der Waals surface area contributed by atoms with Gasteiger partial charge in [0.1, 0.15) is 11.6 Å². The van der Waals surface area contributed by atoms with Crippen LogP contribution < -0.4 is 14.5 Å². The van der Waals surface area contributed by atoms with E-state index in [1.807, 2.05) is 31.3 Å². The molecule has 1 aromatic carbocycles. The Bertz CT molecular complexity index is 794. The predicted molar refractivity (Wildman–Crippen MR) is 109 cm³/mol. The van der Waals surface area contributed by atoms with E-state index in [1.54, 1.807) is 0 Å². The van der Waals surface area contributed by atoms with Crippen molar-refractivity contribution in [2.24, 2.45) is 0 Å². The number of ether oxygens (including phenoxy) is 1. The molecule has 1 fully saturated rings. The van der Waals surface area contributed by atoms with Crippen molar-refractivity contribution in [3.63, 3.8) is 0 Å². The van der Waals surface area contributed by atoms with Crippen molar-refractivity contribution in [3.8, 4) is 5.75 Å². The van der Waals surface area contributed by atoms with Gasteiger partial charge >= 0.3 is 0 Å². The van der Waals surface area contributed by atoms with Crippen molar-refractivity contribution in [1.82, 2.24) is 14.9 Å². The standard InChI is InChI=1S/C21H29N5O/c1-24(2)21-22-10-6-20(23-21)25(3)18-8-12-26(15-18)11-7-16-4-5-19-17(14-16)9-13-27-19/h4-6,10,14,18H,7-9,11-13,15H2,1-3H3. The maximum atomic E-state index is 5.61. The Hall–Kier alpha value is -2.34. The van der Waals surface area contributed by atoms with Crippen LogP contribution in [0, 0.1) is 0 Å². The Morgan fingerprint density at radius 3 is 2.96 bits per heavy atom. The van der Waals surface area contributed by atoms with E-state index in [0.717, 1.165) is 56.6 Å². The van der Waals surface area contributed by atoms with Crippen molar-refractivity contribution in [3.05, 3.63) is 41.6 Å². The van der Waals surface area contributed by atoms with Crippen LogP contribution in [0.4, 0.5) is 11.8 Å². The number of nitrogens with zero attached hydrogens (tertiary/aromatic N) is 5. The highest BCUT2D eigenvalue weighted by atomic mass is 16.5. The van der Waals surface area contributed by atoms with Gasteiger partial charge in [0, 0.05) is 59.4 Å². The van der Waals surface area contributed by atoms with E-state index in [-0.39, 0.29) is 0 Å². The summed E-state index contributed by atoms with van der Waals surface area (Å²) in [7, 11) is 6.10. The fraction of sp³-hybridized carbons (Fsp3) is 0.524. The Labute approximate surface area is 161 Å². The first-order chi connectivity index (χ1) is 13.1. The van der Waals surface area contributed by atoms with Crippen molar-refractivity contribution in [2.45, 2.75) is 25.3 Å². The van der Waals surface area contributed by atoms with E-state index in [4.69, 9.17) is 4.74 Å². The normalized spacial score (nSPS) is 19.0. The number of likely N-dealkylation sites (tertiary alicyclic amines) is 1. The molecule has 1 unspecified atom stereocenters. The summed E-state index contributed by atoms with van der Waals surface area (Å²) in [6.07, 6.45) is 5.17. The molecule has 144 valence electrons. The molecular weight excluding hydrogens is 338 g/mol. The number of hydrogen-bond acceptors (Lipinski definition) is 6. The highest BCUT2D eigenvalue weighted by Crippen LogP contribution is 2.26. The first-order valence-corrected chi connectivity index (χ1v) is 9.80. The first kappa shape index (κ1) is 18.0. The van der Waals surface area contributed by atoms with Gasteiger partial charge in [0.15, 0.2) is 0 Å². The lowest BCUT2D eigenvalue weighted by Gasteiger charge is -2.26. The fourth-order valence-corrected chi connectivity index (χ4v) is 3.95. The summed E-state index contributed by atoms with van der Waals surface area (Å²) in [6.45, 7) is 4.18. The zero-order valence-corrected chi connectivity index (χ0v) is 16.6. The molecule has 1 atom stereocenters. The molecule has 2 aliphatic rings. The summed E-state index contributed by atoms with van der Waals surface area (Å²) in [5.41, 5.74) is 2.79. The molecule has 2 aliphatic heterocycles. The summed E-state index contributed by atoms with van der Waals surface area (Å²) in [5.74, 6) is 2.83. The summed E-state index contributed by atoms with van der Waals surface area (Å²) in [6, 6.07) is 9.18. The lowest BCUT2D eigenvalue weighted by Crippen LogP contribution is -2.35. The van der Waals surface area contributed by atoms with Crippen LogP contribution in [0.2, 0.25) is 0 Å². The Morgan fingerprint density at radius 2 is 2.11 bits per heavy atom. The Balaban J connectivity index is 1.32. The molecule has 1 saturated heterocycles. The van der Waals surface area contributed by atoms with Gasteiger partial charge in [-0.15, -0.1) is 0 Å². The molecule has 4 rings (SSSR count). The Morgan fingerprint density at radius 1 is 1.22 bits per heavy atom. The lowest BCUT2D eigenvalue weighted by atomic mass is 10.1. The number of anilines is 2. The van der Waals surface area contributed by atoms with Crippen LogP contribution in [0.3, 0.4) is 0 Å². The molecule has 2 aromatic rings.